The highest BCUT2D eigenvalue weighted by atomic mass is 16.4. The maximum absolute atomic E-state index is 11.7. The van der Waals surface area contributed by atoms with Gasteiger partial charge in [0.1, 0.15) is 0 Å². The van der Waals surface area contributed by atoms with Crippen molar-refractivity contribution in [2.24, 2.45) is 0 Å². The number of benzene rings is 1. The Balaban J connectivity index is 1.61. The molecular formula is C17H23N3O4. The Labute approximate surface area is 141 Å². The van der Waals surface area contributed by atoms with Crippen molar-refractivity contribution in [2.45, 2.75) is 32.2 Å². The van der Waals surface area contributed by atoms with E-state index in [0.29, 0.717) is 26.1 Å². The molecule has 3 N–H and O–H groups in total. The lowest BCUT2D eigenvalue weighted by molar-refractivity contribution is -0.133. The van der Waals surface area contributed by atoms with E-state index in [9.17, 15) is 14.4 Å². The van der Waals surface area contributed by atoms with Crippen LogP contribution in [0.5, 0.6) is 0 Å². The first-order chi connectivity index (χ1) is 11.6. The van der Waals surface area contributed by atoms with E-state index in [-0.39, 0.29) is 17.5 Å². The molecule has 1 heterocycles. The largest absolute Gasteiger partial charge is 0.478 e. The number of aromatic carboxylic acids is 1. The molecule has 0 saturated carbocycles. The van der Waals surface area contributed by atoms with Crippen molar-refractivity contribution in [2.75, 3.05) is 19.6 Å². The topological polar surface area (TPSA) is 98.7 Å². The van der Waals surface area contributed by atoms with Gasteiger partial charge in [0.15, 0.2) is 0 Å². The number of nitrogens with one attached hydrogen (secondary N) is 2. The van der Waals surface area contributed by atoms with Crippen LogP contribution < -0.4 is 10.6 Å². The summed E-state index contributed by atoms with van der Waals surface area (Å²) in [5.41, 5.74) is 1.05. The van der Waals surface area contributed by atoms with Gasteiger partial charge in [0.2, 0.25) is 5.91 Å². The zero-order valence-corrected chi connectivity index (χ0v) is 13.6. The van der Waals surface area contributed by atoms with Gasteiger partial charge in [-0.15, -0.1) is 0 Å². The van der Waals surface area contributed by atoms with Crippen LogP contribution in [0.3, 0.4) is 0 Å². The average molecular weight is 333 g/mol. The number of nitrogens with zero attached hydrogens (tertiary/aromatic N) is 1. The number of hydrogen-bond acceptors (Lipinski definition) is 3. The van der Waals surface area contributed by atoms with E-state index in [2.05, 4.69) is 10.6 Å². The average Bonchev–Trinajstić information content (AvgIpc) is 2.58. The number of hydrogen-bond donors (Lipinski definition) is 3. The zero-order chi connectivity index (χ0) is 17.4. The first-order valence-corrected chi connectivity index (χ1v) is 8.18. The minimum atomic E-state index is -0.973. The summed E-state index contributed by atoms with van der Waals surface area (Å²) < 4.78 is 0. The van der Waals surface area contributed by atoms with Crippen molar-refractivity contribution in [1.29, 1.82) is 0 Å². The molecule has 7 heteroatoms. The highest BCUT2D eigenvalue weighted by Crippen LogP contribution is 2.10. The summed E-state index contributed by atoms with van der Waals surface area (Å²) in [5.74, 6) is -0.769. The Morgan fingerprint density at radius 2 is 1.88 bits per heavy atom. The summed E-state index contributed by atoms with van der Waals surface area (Å²) in [4.78, 5) is 36.0. The van der Waals surface area contributed by atoms with E-state index in [1.54, 1.807) is 12.1 Å². The van der Waals surface area contributed by atoms with E-state index in [1.165, 1.54) is 12.1 Å². The second-order valence-electron chi connectivity index (χ2n) is 5.80. The van der Waals surface area contributed by atoms with Crippen molar-refractivity contribution in [3.63, 3.8) is 0 Å². The smallest absolute Gasteiger partial charge is 0.335 e. The molecule has 0 aliphatic carbocycles. The molecule has 1 saturated heterocycles. The van der Waals surface area contributed by atoms with E-state index >= 15 is 0 Å². The van der Waals surface area contributed by atoms with Gasteiger partial charge in [-0.3, -0.25) is 4.79 Å². The van der Waals surface area contributed by atoms with Gasteiger partial charge in [-0.25, -0.2) is 9.59 Å². The Morgan fingerprint density at radius 1 is 1.12 bits per heavy atom. The van der Waals surface area contributed by atoms with Crippen molar-refractivity contribution < 1.29 is 19.5 Å². The third kappa shape index (κ3) is 5.57. The molecule has 2 rings (SSSR count). The number of amides is 3. The fourth-order valence-electron chi connectivity index (χ4n) is 2.58. The van der Waals surface area contributed by atoms with Gasteiger partial charge in [0, 0.05) is 32.6 Å². The molecule has 24 heavy (non-hydrogen) atoms. The molecule has 0 unspecified atom stereocenters. The summed E-state index contributed by atoms with van der Waals surface area (Å²) in [5, 5.41) is 14.3. The third-order valence-electron chi connectivity index (χ3n) is 3.97. The predicted molar refractivity (Wildman–Crippen MR) is 88.7 cm³/mol. The number of urea groups is 1. The Morgan fingerprint density at radius 3 is 2.54 bits per heavy atom. The van der Waals surface area contributed by atoms with Crippen molar-refractivity contribution >= 4 is 17.9 Å². The number of likely N-dealkylation sites (tertiary alicyclic amines) is 1. The maximum Gasteiger partial charge on any atom is 0.335 e. The summed E-state index contributed by atoms with van der Waals surface area (Å²) in [7, 11) is 0. The summed E-state index contributed by atoms with van der Waals surface area (Å²) in [6, 6.07) is 6.08. The van der Waals surface area contributed by atoms with Crippen molar-refractivity contribution in [1.82, 2.24) is 15.5 Å². The molecule has 7 nitrogen and oxygen atoms in total. The minimum Gasteiger partial charge on any atom is -0.478 e. The number of carboxylic acids is 1. The van der Waals surface area contributed by atoms with E-state index < -0.39 is 5.97 Å². The fourth-order valence-corrected chi connectivity index (χ4v) is 2.58. The van der Waals surface area contributed by atoms with Crippen LogP contribution in [-0.4, -0.2) is 47.5 Å². The normalized spacial score (nSPS) is 14.3. The number of carbonyl (C=O) groups excluding carboxylic acids is 2. The molecule has 0 aromatic heterocycles. The first kappa shape index (κ1) is 17.8. The quantitative estimate of drug-likeness (QED) is 0.660. The Kier molecular flexibility index (Phi) is 6.60. The fraction of sp³-hybridized carbons (Fsp3) is 0.471. The molecule has 130 valence electrons. The van der Waals surface area contributed by atoms with Crippen LogP contribution in [0.15, 0.2) is 24.3 Å². The number of piperidine rings is 1. The molecule has 0 atom stereocenters. The second-order valence-corrected chi connectivity index (χ2v) is 5.80. The number of carboxylic acid groups (broad SMARTS) is 1. The maximum atomic E-state index is 11.7. The first-order valence-electron chi connectivity index (χ1n) is 8.18. The Hall–Kier alpha value is -2.57. The van der Waals surface area contributed by atoms with Gasteiger partial charge in [-0.2, -0.15) is 0 Å². The summed E-state index contributed by atoms with van der Waals surface area (Å²) in [6.45, 7) is 2.33. The molecule has 1 aromatic carbocycles. The van der Waals surface area contributed by atoms with Gasteiger partial charge >= 0.3 is 12.0 Å². The standard InChI is InChI=1S/C17H23N3O4/c21-15-4-1-2-10-20(15)11-3-9-18-17(24)19-12-13-5-7-14(8-6-13)16(22)23/h5-8H,1-4,9-12H2,(H,22,23)(H2,18,19,24). The molecule has 3 amide bonds. The molecule has 1 aliphatic rings. The molecule has 1 aromatic rings. The van der Waals surface area contributed by atoms with Crippen LogP contribution in [-0.2, 0) is 11.3 Å². The number of carbonyl (C=O) groups is 3. The van der Waals surface area contributed by atoms with Crippen LogP contribution in [0, 0.1) is 0 Å². The lowest BCUT2D eigenvalue weighted by Crippen LogP contribution is -2.39. The Bertz CT molecular complexity index is 586. The van der Waals surface area contributed by atoms with E-state index in [0.717, 1.165) is 31.4 Å². The lowest BCUT2D eigenvalue weighted by Gasteiger charge is -2.26. The lowest BCUT2D eigenvalue weighted by atomic mass is 10.1. The molecule has 0 spiro atoms. The monoisotopic (exact) mass is 333 g/mol. The van der Waals surface area contributed by atoms with Crippen molar-refractivity contribution in [3.8, 4) is 0 Å². The molecule has 0 bridgehead atoms. The zero-order valence-electron chi connectivity index (χ0n) is 13.6. The molecule has 1 aliphatic heterocycles. The van der Waals surface area contributed by atoms with Gasteiger partial charge in [-0.05, 0) is 37.0 Å². The molecule has 1 fully saturated rings. The second kappa shape index (κ2) is 8.90. The third-order valence-corrected chi connectivity index (χ3v) is 3.97. The van der Waals surface area contributed by atoms with Gasteiger partial charge in [0.05, 0.1) is 5.56 Å². The van der Waals surface area contributed by atoms with Gasteiger partial charge < -0.3 is 20.6 Å². The molecule has 0 radical (unpaired) electrons. The van der Waals surface area contributed by atoms with Crippen LogP contribution in [0.25, 0.3) is 0 Å². The predicted octanol–water partition coefficient (Wildman–Crippen LogP) is 1.59. The number of rotatable bonds is 7. The van der Waals surface area contributed by atoms with E-state index in [4.69, 9.17) is 5.11 Å². The highest BCUT2D eigenvalue weighted by Gasteiger charge is 2.16. The van der Waals surface area contributed by atoms with E-state index in [1.807, 2.05) is 4.90 Å². The van der Waals surface area contributed by atoms with Crippen LogP contribution >= 0.6 is 0 Å². The summed E-state index contributed by atoms with van der Waals surface area (Å²) in [6.07, 6.45) is 3.39. The van der Waals surface area contributed by atoms with Crippen LogP contribution in [0.1, 0.15) is 41.6 Å². The van der Waals surface area contributed by atoms with Crippen LogP contribution in [0.4, 0.5) is 4.79 Å². The minimum absolute atomic E-state index is 0.204. The van der Waals surface area contributed by atoms with Crippen LogP contribution in [0.2, 0.25) is 0 Å². The highest BCUT2D eigenvalue weighted by molar-refractivity contribution is 5.87. The summed E-state index contributed by atoms with van der Waals surface area (Å²) >= 11 is 0. The molecular weight excluding hydrogens is 310 g/mol. The van der Waals surface area contributed by atoms with Gasteiger partial charge in [0.25, 0.3) is 0 Å². The van der Waals surface area contributed by atoms with Crippen molar-refractivity contribution in [3.05, 3.63) is 35.4 Å². The SMILES string of the molecule is O=C(NCCCN1CCCCC1=O)NCc1ccc(C(=O)O)cc1. The van der Waals surface area contributed by atoms with Gasteiger partial charge in [-0.1, -0.05) is 12.1 Å².